The van der Waals surface area contributed by atoms with E-state index < -0.39 is 0 Å². The van der Waals surface area contributed by atoms with Gasteiger partial charge in [-0.25, -0.2) is 0 Å². The Bertz CT molecular complexity index is 392. The summed E-state index contributed by atoms with van der Waals surface area (Å²) in [6.07, 6.45) is 2.23. The summed E-state index contributed by atoms with van der Waals surface area (Å²) in [5.74, 6) is 0. The minimum absolute atomic E-state index is 0.202. The van der Waals surface area contributed by atoms with Gasteiger partial charge >= 0.3 is 0 Å². The highest BCUT2D eigenvalue weighted by atomic mass is 79.9. The van der Waals surface area contributed by atoms with Crippen molar-refractivity contribution in [3.63, 3.8) is 0 Å². The molecule has 0 aliphatic heterocycles. The van der Waals surface area contributed by atoms with Gasteiger partial charge in [-0.3, -0.25) is 0 Å². The smallest absolute Gasteiger partial charge is 0.106 e. The molecule has 1 aromatic rings. The molecular weight excluding hydrogens is 266 g/mol. The molecule has 0 heterocycles. The molecular formula is C13H18BrNO. The van der Waals surface area contributed by atoms with Gasteiger partial charge in [0.15, 0.2) is 0 Å². The van der Waals surface area contributed by atoms with Gasteiger partial charge in [0.05, 0.1) is 6.10 Å². The number of fused-ring (bicyclic) bond motifs is 1. The van der Waals surface area contributed by atoms with E-state index >= 15 is 0 Å². The molecule has 2 nitrogen and oxygen atoms in total. The molecule has 1 unspecified atom stereocenters. The molecule has 1 aliphatic carbocycles. The second kappa shape index (κ2) is 4.47. The first-order valence-corrected chi connectivity index (χ1v) is 6.54. The molecule has 1 aliphatic rings. The van der Waals surface area contributed by atoms with Crippen LogP contribution in [0.15, 0.2) is 22.7 Å². The van der Waals surface area contributed by atoms with Gasteiger partial charge in [0, 0.05) is 11.0 Å². The van der Waals surface area contributed by atoms with E-state index in [0.717, 1.165) is 12.8 Å². The summed E-state index contributed by atoms with van der Waals surface area (Å²) in [5.41, 5.74) is 8.29. The van der Waals surface area contributed by atoms with Crippen LogP contribution in [-0.2, 0) is 16.8 Å². The van der Waals surface area contributed by atoms with Gasteiger partial charge in [-0.1, -0.05) is 28.1 Å². The molecule has 0 aromatic heterocycles. The second-order valence-electron chi connectivity index (χ2n) is 4.63. The van der Waals surface area contributed by atoms with Crippen molar-refractivity contribution in [2.24, 2.45) is 5.73 Å². The van der Waals surface area contributed by atoms with Crippen LogP contribution in [0.3, 0.4) is 0 Å². The van der Waals surface area contributed by atoms with E-state index in [9.17, 15) is 0 Å². The van der Waals surface area contributed by atoms with Gasteiger partial charge in [0.1, 0.15) is 5.60 Å². The number of ether oxygens (including phenoxy) is 1. The standard InChI is InChI=1S/C13H18BrNO/c1-9(2)16-13(8-15)7-6-10-11(13)4-3-5-12(10)14/h3-5,9H,6-8,15H2,1-2H3. The lowest BCUT2D eigenvalue weighted by atomic mass is 9.95. The zero-order valence-electron chi connectivity index (χ0n) is 9.79. The van der Waals surface area contributed by atoms with E-state index in [1.807, 2.05) is 0 Å². The Kier molecular flexibility index (Phi) is 3.38. The highest BCUT2D eigenvalue weighted by molar-refractivity contribution is 9.10. The Morgan fingerprint density at radius 1 is 1.50 bits per heavy atom. The van der Waals surface area contributed by atoms with Gasteiger partial charge in [-0.15, -0.1) is 0 Å². The summed E-state index contributed by atoms with van der Waals surface area (Å²) in [6.45, 7) is 4.68. The monoisotopic (exact) mass is 283 g/mol. The largest absolute Gasteiger partial charge is 0.366 e. The topological polar surface area (TPSA) is 35.2 Å². The molecule has 16 heavy (non-hydrogen) atoms. The van der Waals surface area contributed by atoms with Crippen LogP contribution in [0.1, 0.15) is 31.4 Å². The number of rotatable bonds is 3. The van der Waals surface area contributed by atoms with Crippen molar-refractivity contribution in [2.75, 3.05) is 6.54 Å². The van der Waals surface area contributed by atoms with Crippen LogP contribution < -0.4 is 5.73 Å². The molecule has 0 spiro atoms. The van der Waals surface area contributed by atoms with E-state index in [2.05, 4.69) is 48.0 Å². The van der Waals surface area contributed by atoms with E-state index in [0.29, 0.717) is 6.54 Å². The van der Waals surface area contributed by atoms with Crippen molar-refractivity contribution in [3.05, 3.63) is 33.8 Å². The van der Waals surface area contributed by atoms with Crippen molar-refractivity contribution >= 4 is 15.9 Å². The average molecular weight is 284 g/mol. The number of benzene rings is 1. The lowest BCUT2D eigenvalue weighted by molar-refractivity contribution is -0.0780. The number of hydrogen-bond acceptors (Lipinski definition) is 2. The molecule has 88 valence electrons. The molecule has 0 amide bonds. The lowest BCUT2D eigenvalue weighted by Crippen LogP contribution is -2.38. The molecule has 1 aromatic carbocycles. The van der Waals surface area contributed by atoms with Crippen LogP contribution in [0.4, 0.5) is 0 Å². The average Bonchev–Trinajstić information content (AvgIpc) is 2.59. The van der Waals surface area contributed by atoms with Crippen LogP contribution in [0.2, 0.25) is 0 Å². The molecule has 3 heteroatoms. The predicted octanol–water partition coefficient (Wildman–Crippen LogP) is 2.97. The summed E-state index contributed by atoms with van der Waals surface area (Å²) in [5, 5.41) is 0. The quantitative estimate of drug-likeness (QED) is 0.926. The van der Waals surface area contributed by atoms with Crippen LogP contribution in [0.5, 0.6) is 0 Å². The van der Waals surface area contributed by atoms with E-state index in [1.54, 1.807) is 0 Å². The fourth-order valence-corrected chi connectivity index (χ4v) is 3.10. The zero-order chi connectivity index (χ0) is 11.8. The molecule has 2 rings (SSSR count). The van der Waals surface area contributed by atoms with Gasteiger partial charge in [0.25, 0.3) is 0 Å². The summed E-state index contributed by atoms with van der Waals surface area (Å²) in [4.78, 5) is 0. The third-order valence-electron chi connectivity index (χ3n) is 3.18. The van der Waals surface area contributed by atoms with Crippen molar-refractivity contribution in [1.29, 1.82) is 0 Å². The lowest BCUT2D eigenvalue weighted by Gasteiger charge is -2.31. The number of hydrogen-bond donors (Lipinski definition) is 1. The van der Waals surface area contributed by atoms with Gasteiger partial charge in [-0.05, 0) is 43.9 Å². The van der Waals surface area contributed by atoms with Crippen molar-refractivity contribution in [2.45, 2.75) is 38.4 Å². The Labute approximate surface area is 105 Å². The molecule has 0 fully saturated rings. The normalized spacial score (nSPS) is 23.8. The molecule has 0 bridgehead atoms. The molecule has 0 radical (unpaired) electrons. The second-order valence-corrected chi connectivity index (χ2v) is 5.49. The molecule has 0 saturated heterocycles. The van der Waals surface area contributed by atoms with Crippen molar-refractivity contribution in [1.82, 2.24) is 0 Å². The highest BCUT2D eigenvalue weighted by Gasteiger charge is 2.39. The first kappa shape index (κ1) is 12.1. The fraction of sp³-hybridized carbons (Fsp3) is 0.538. The minimum atomic E-state index is -0.271. The van der Waals surface area contributed by atoms with Crippen LogP contribution in [0, 0.1) is 0 Å². The number of nitrogens with two attached hydrogens (primary N) is 1. The van der Waals surface area contributed by atoms with E-state index in [1.165, 1.54) is 15.6 Å². The third-order valence-corrected chi connectivity index (χ3v) is 3.92. The first-order valence-electron chi connectivity index (χ1n) is 5.75. The van der Waals surface area contributed by atoms with E-state index in [-0.39, 0.29) is 11.7 Å². The maximum atomic E-state index is 6.08. The Balaban J connectivity index is 2.43. The van der Waals surface area contributed by atoms with Crippen LogP contribution >= 0.6 is 15.9 Å². The highest BCUT2D eigenvalue weighted by Crippen LogP contribution is 2.42. The third kappa shape index (κ3) is 1.92. The number of halogens is 1. The van der Waals surface area contributed by atoms with Crippen LogP contribution in [-0.4, -0.2) is 12.6 Å². The zero-order valence-corrected chi connectivity index (χ0v) is 11.4. The predicted molar refractivity (Wildman–Crippen MR) is 69.4 cm³/mol. The van der Waals surface area contributed by atoms with Crippen molar-refractivity contribution in [3.8, 4) is 0 Å². The summed E-state index contributed by atoms with van der Waals surface area (Å²) >= 11 is 3.60. The summed E-state index contributed by atoms with van der Waals surface area (Å²) in [7, 11) is 0. The fourth-order valence-electron chi connectivity index (χ4n) is 2.53. The molecule has 1 atom stereocenters. The summed E-state index contributed by atoms with van der Waals surface area (Å²) in [6, 6.07) is 6.28. The van der Waals surface area contributed by atoms with E-state index in [4.69, 9.17) is 10.5 Å². The van der Waals surface area contributed by atoms with Crippen molar-refractivity contribution < 1.29 is 4.74 Å². The maximum absolute atomic E-state index is 6.08. The SMILES string of the molecule is CC(C)OC1(CN)CCc2c(Br)cccc21. The minimum Gasteiger partial charge on any atom is -0.366 e. The maximum Gasteiger partial charge on any atom is 0.106 e. The summed E-state index contributed by atoms with van der Waals surface area (Å²) < 4.78 is 7.26. The van der Waals surface area contributed by atoms with Gasteiger partial charge in [-0.2, -0.15) is 0 Å². The Morgan fingerprint density at radius 2 is 2.25 bits per heavy atom. The Hall–Kier alpha value is -0.380. The van der Waals surface area contributed by atoms with Gasteiger partial charge in [0.2, 0.25) is 0 Å². The molecule has 2 N–H and O–H groups in total. The Morgan fingerprint density at radius 3 is 2.88 bits per heavy atom. The molecule has 0 saturated carbocycles. The first-order chi connectivity index (χ1) is 7.59. The van der Waals surface area contributed by atoms with Crippen LogP contribution in [0.25, 0.3) is 0 Å². The van der Waals surface area contributed by atoms with Gasteiger partial charge < -0.3 is 10.5 Å².